The van der Waals surface area contributed by atoms with Gasteiger partial charge >= 0.3 is 6.09 Å². The van der Waals surface area contributed by atoms with Crippen LogP contribution in [0.25, 0.3) is 0 Å². The van der Waals surface area contributed by atoms with E-state index >= 15 is 0 Å². The minimum absolute atomic E-state index is 0.0765. The van der Waals surface area contributed by atoms with Crippen LogP contribution in [0.4, 0.5) is 4.79 Å². The molecule has 11 heteroatoms. The van der Waals surface area contributed by atoms with Gasteiger partial charge in [-0.2, -0.15) is 4.31 Å². The molecule has 0 bridgehead atoms. The molecule has 10 nitrogen and oxygen atoms in total. The van der Waals surface area contributed by atoms with Crippen LogP contribution in [0, 0.1) is 0 Å². The molecule has 34 heavy (non-hydrogen) atoms. The average Bonchev–Trinajstić information content (AvgIpc) is 2.85. The number of carbonyl (C=O) groups is 1. The van der Waals surface area contributed by atoms with Gasteiger partial charge < -0.3 is 14.2 Å². The quantitative estimate of drug-likeness (QED) is 0.384. The van der Waals surface area contributed by atoms with Crippen molar-refractivity contribution in [1.29, 1.82) is 0 Å². The first kappa shape index (κ1) is 23.5. The number of carbonyl (C=O) groups excluding carboxylic acids is 1. The Morgan fingerprint density at radius 3 is 2.53 bits per heavy atom. The first-order chi connectivity index (χ1) is 16.4. The molecular formula is C23H23N3O7S. The molecule has 3 aromatic rings. The molecule has 1 aliphatic heterocycles. The summed E-state index contributed by atoms with van der Waals surface area (Å²) in [6, 6.07) is 16.8. The van der Waals surface area contributed by atoms with Gasteiger partial charge in [-0.15, -0.1) is 0 Å². The number of pyridine rings is 1. The molecule has 1 aromatic heterocycles. The van der Waals surface area contributed by atoms with Crippen LogP contribution in [0.5, 0.6) is 17.4 Å². The van der Waals surface area contributed by atoms with Crippen LogP contribution in [-0.2, 0) is 21.2 Å². The molecule has 2 heterocycles. The Labute approximate surface area is 196 Å². The minimum Gasteiger partial charge on any atom is -0.494 e. The summed E-state index contributed by atoms with van der Waals surface area (Å²) in [4.78, 5) is 15.8. The SMILES string of the molecule is CCOc1ccc(Oc2ccc(S(=O)(=O)N3CCc4ccccc4[C@H]3OC(=O)NO)cn2)cc1. The summed E-state index contributed by atoms with van der Waals surface area (Å²) in [6.07, 6.45) is -0.799. The Morgan fingerprint density at radius 2 is 1.85 bits per heavy atom. The summed E-state index contributed by atoms with van der Waals surface area (Å²) in [5, 5.41) is 8.89. The fourth-order valence-corrected chi connectivity index (χ4v) is 5.05. The van der Waals surface area contributed by atoms with Gasteiger partial charge in [-0.25, -0.2) is 23.7 Å². The Kier molecular flexibility index (Phi) is 6.96. The molecular weight excluding hydrogens is 462 g/mol. The zero-order valence-electron chi connectivity index (χ0n) is 18.2. The first-order valence-electron chi connectivity index (χ1n) is 10.5. The van der Waals surface area contributed by atoms with Gasteiger partial charge in [-0.1, -0.05) is 24.3 Å². The van der Waals surface area contributed by atoms with Crippen LogP contribution in [0.2, 0.25) is 0 Å². The van der Waals surface area contributed by atoms with Gasteiger partial charge in [0.1, 0.15) is 16.4 Å². The van der Waals surface area contributed by atoms with E-state index in [9.17, 15) is 13.2 Å². The summed E-state index contributed by atoms with van der Waals surface area (Å²) in [7, 11) is -4.10. The van der Waals surface area contributed by atoms with Crippen molar-refractivity contribution in [2.45, 2.75) is 24.5 Å². The molecule has 2 N–H and O–H groups in total. The molecule has 0 spiro atoms. The Hall–Kier alpha value is -3.67. The number of aromatic nitrogens is 1. The summed E-state index contributed by atoms with van der Waals surface area (Å²) in [5.41, 5.74) is 2.74. The van der Waals surface area contributed by atoms with Crippen molar-refractivity contribution in [3.05, 3.63) is 78.0 Å². The Balaban J connectivity index is 1.56. The maximum atomic E-state index is 13.4. The largest absolute Gasteiger partial charge is 0.494 e. The van der Waals surface area contributed by atoms with E-state index in [1.165, 1.54) is 23.8 Å². The number of hydrogen-bond acceptors (Lipinski definition) is 8. The van der Waals surface area contributed by atoms with E-state index in [0.717, 1.165) is 9.87 Å². The normalized spacial score (nSPS) is 15.8. The van der Waals surface area contributed by atoms with E-state index in [0.29, 0.717) is 30.1 Å². The van der Waals surface area contributed by atoms with Gasteiger partial charge in [0.2, 0.25) is 15.9 Å². The predicted molar refractivity (Wildman–Crippen MR) is 120 cm³/mol. The van der Waals surface area contributed by atoms with Gasteiger partial charge in [0.05, 0.1) is 12.8 Å². The number of benzene rings is 2. The Morgan fingerprint density at radius 1 is 1.12 bits per heavy atom. The number of ether oxygens (including phenoxy) is 3. The topological polar surface area (TPSA) is 127 Å². The number of hydrogen-bond donors (Lipinski definition) is 2. The lowest BCUT2D eigenvalue weighted by Crippen LogP contribution is -2.43. The van der Waals surface area contributed by atoms with E-state index in [2.05, 4.69) is 4.98 Å². The molecule has 2 aromatic carbocycles. The van der Waals surface area contributed by atoms with Crippen LogP contribution in [0.1, 0.15) is 24.3 Å². The smallest absolute Gasteiger partial charge is 0.432 e. The summed E-state index contributed by atoms with van der Waals surface area (Å²) in [6.45, 7) is 2.52. The lowest BCUT2D eigenvalue weighted by molar-refractivity contribution is 0.00235. The van der Waals surface area contributed by atoms with Crippen molar-refractivity contribution in [2.24, 2.45) is 0 Å². The number of fused-ring (bicyclic) bond motifs is 1. The third-order valence-electron chi connectivity index (χ3n) is 5.17. The van der Waals surface area contributed by atoms with Crippen molar-refractivity contribution in [3.8, 4) is 17.4 Å². The highest BCUT2D eigenvalue weighted by Gasteiger charge is 2.39. The van der Waals surface area contributed by atoms with Crippen LogP contribution >= 0.6 is 0 Å². The number of sulfonamides is 1. The van der Waals surface area contributed by atoms with Crippen molar-refractivity contribution in [1.82, 2.24) is 14.8 Å². The number of rotatable bonds is 7. The van der Waals surface area contributed by atoms with Crippen LogP contribution < -0.4 is 15.0 Å². The monoisotopic (exact) mass is 485 g/mol. The van der Waals surface area contributed by atoms with Gasteiger partial charge in [0.15, 0.2) is 6.23 Å². The van der Waals surface area contributed by atoms with Crippen LogP contribution in [0.15, 0.2) is 71.8 Å². The van der Waals surface area contributed by atoms with Crippen molar-refractivity contribution >= 4 is 16.1 Å². The lowest BCUT2D eigenvalue weighted by atomic mass is 10.00. The minimum atomic E-state index is -4.10. The molecule has 0 fully saturated rings. The second-order valence-electron chi connectivity index (χ2n) is 7.27. The molecule has 0 radical (unpaired) electrons. The molecule has 0 saturated carbocycles. The maximum Gasteiger partial charge on any atom is 0.432 e. The van der Waals surface area contributed by atoms with Crippen LogP contribution in [0.3, 0.4) is 0 Å². The molecule has 1 aliphatic rings. The first-order valence-corrected chi connectivity index (χ1v) is 11.9. The number of nitrogens with zero attached hydrogens (tertiary/aromatic N) is 2. The number of amides is 1. The molecule has 0 saturated heterocycles. The summed E-state index contributed by atoms with van der Waals surface area (Å²) in [5.74, 6) is 1.43. The summed E-state index contributed by atoms with van der Waals surface area (Å²) < 4.78 is 44.1. The molecule has 1 atom stereocenters. The highest BCUT2D eigenvalue weighted by atomic mass is 32.2. The van der Waals surface area contributed by atoms with Crippen LogP contribution in [-0.4, -0.2) is 42.2 Å². The van der Waals surface area contributed by atoms with E-state index in [4.69, 9.17) is 19.4 Å². The van der Waals surface area contributed by atoms with Gasteiger partial charge in [0.25, 0.3) is 0 Å². The fraction of sp³-hybridized carbons (Fsp3) is 0.217. The van der Waals surface area contributed by atoms with Crippen molar-refractivity contribution < 1.29 is 32.6 Å². The highest BCUT2D eigenvalue weighted by Crippen LogP contribution is 2.35. The molecule has 4 rings (SSSR count). The molecule has 0 unspecified atom stereocenters. The van der Waals surface area contributed by atoms with E-state index in [1.54, 1.807) is 36.4 Å². The van der Waals surface area contributed by atoms with Crippen molar-refractivity contribution in [3.63, 3.8) is 0 Å². The number of nitrogens with one attached hydrogen (secondary N) is 1. The zero-order valence-corrected chi connectivity index (χ0v) is 19.1. The van der Waals surface area contributed by atoms with Crippen molar-refractivity contribution in [2.75, 3.05) is 13.2 Å². The van der Waals surface area contributed by atoms with E-state index in [1.807, 2.05) is 19.1 Å². The molecule has 0 aliphatic carbocycles. The second kappa shape index (κ2) is 10.1. The highest BCUT2D eigenvalue weighted by molar-refractivity contribution is 7.89. The third-order valence-corrected chi connectivity index (χ3v) is 7.00. The maximum absolute atomic E-state index is 13.4. The fourth-order valence-electron chi connectivity index (χ4n) is 3.61. The predicted octanol–water partition coefficient (Wildman–Crippen LogP) is 3.63. The number of hydroxylamine groups is 1. The van der Waals surface area contributed by atoms with Gasteiger partial charge in [-0.3, -0.25) is 5.21 Å². The lowest BCUT2D eigenvalue weighted by Gasteiger charge is -2.35. The van der Waals surface area contributed by atoms with E-state index in [-0.39, 0.29) is 17.3 Å². The molecule has 1 amide bonds. The van der Waals surface area contributed by atoms with E-state index < -0.39 is 22.3 Å². The zero-order chi connectivity index (χ0) is 24.1. The molecule has 178 valence electrons. The second-order valence-corrected chi connectivity index (χ2v) is 9.16. The third kappa shape index (κ3) is 4.96. The van der Waals surface area contributed by atoms with Gasteiger partial charge in [0, 0.05) is 18.2 Å². The summed E-state index contributed by atoms with van der Waals surface area (Å²) >= 11 is 0. The van der Waals surface area contributed by atoms with Gasteiger partial charge in [-0.05, 0) is 49.2 Å². The average molecular weight is 486 g/mol. The Bertz CT molecular complexity index is 1250. The standard InChI is InChI=1S/C23H23N3O7S/c1-2-31-17-7-9-18(10-8-17)32-21-12-11-19(15-24-21)34(29,30)26-14-13-16-5-3-4-6-20(16)22(26)33-23(27)25-28/h3-12,15,22,28H,2,13-14H2,1H3,(H,25,27)/t22-/m1/s1.